The molecule has 1 aliphatic rings. The van der Waals surface area contributed by atoms with Crippen LogP contribution in [0.2, 0.25) is 0 Å². The summed E-state index contributed by atoms with van der Waals surface area (Å²) in [7, 11) is 0. The SMILES string of the molecule is CCc1ccccc1OCC(=O)N1CCN(c2cc(-c3ccccc3)nc(C)n2)CC1. The third kappa shape index (κ3) is 5.02. The molecule has 1 aromatic heterocycles. The van der Waals surface area contributed by atoms with Crippen molar-refractivity contribution < 1.29 is 9.53 Å². The highest BCUT2D eigenvalue weighted by Crippen LogP contribution is 2.23. The number of rotatable bonds is 6. The first-order chi connectivity index (χ1) is 15.1. The van der Waals surface area contributed by atoms with Crippen molar-refractivity contribution >= 4 is 11.7 Å². The van der Waals surface area contributed by atoms with E-state index in [4.69, 9.17) is 4.74 Å². The number of para-hydroxylation sites is 1. The van der Waals surface area contributed by atoms with Crippen molar-refractivity contribution in [2.24, 2.45) is 0 Å². The van der Waals surface area contributed by atoms with Crippen LogP contribution in [0.4, 0.5) is 5.82 Å². The lowest BCUT2D eigenvalue weighted by atomic mass is 10.1. The molecule has 0 N–H and O–H groups in total. The van der Waals surface area contributed by atoms with Gasteiger partial charge in [-0.2, -0.15) is 0 Å². The van der Waals surface area contributed by atoms with Gasteiger partial charge in [0.1, 0.15) is 17.4 Å². The molecule has 0 saturated carbocycles. The van der Waals surface area contributed by atoms with Gasteiger partial charge in [0, 0.05) is 37.8 Å². The second kappa shape index (κ2) is 9.60. The fraction of sp³-hybridized carbons (Fsp3) is 0.320. The van der Waals surface area contributed by atoms with E-state index in [1.165, 1.54) is 0 Å². The van der Waals surface area contributed by atoms with Crippen molar-refractivity contribution in [3.05, 3.63) is 72.1 Å². The average molecular weight is 417 g/mol. The van der Waals surface area contributed by atoms with Gasteiger partial charge in [0.25, 0.3) is 5.91 Å². The van der Waals surface area contributed by atoms with Gasteiger partial charge in [-0.05, 0) is 25.0 Å². The summed E-state index contributed by atoms with van der Waals surface area (Å²) in [6.07, 6.45) is 0.881. The van der Waals surface area contributed by atoms with Crippen molar-refractivity contribution in [1.29, 1.82) is 0 Å². The first-order valence-corrected chi connectivity index (χ1v) is 10.8. The first-order valence-electron chi connectivity index (χ1n) is 10.8. The fourth-order valence-corrected chi connectivity index (χ4v) is 3.82. The van der Waals surface area contributed by atoms with Crippen LogP contribution in [-0.2, 0) is 11.2 Å². The van der Waals surface area contributed by atoms with Gasteiger partial charge >= 0.3 is 0 Å². The Morgan fingerprint density at radius 1 is 0.968 bits per heavy atom. The Morgan fingerprint density at radius 2 is 1.68 bits per heavy atom. The van der Waals surface area contributed by atoms with E-state index in [9.17, 15) is 4.79 Å². The number of aryl methyl sites for hydroxylation is 2. The Morgan fingerprint density at radius 3 is 2.42 bits per heavy atom. The summed E-state index contributed by atoms with van der Waals surface area (Å²) >= 11 is 0. The molecule has 1 amide bonds. The molecule has 0 aliphatic carbocycles. The van der Waals surface area contributed by atoms with Crippen LogP contribution in [0, 0.1) is 6.92 Å². The van der Waals surface area contributed by atoms with Crippen LogP contribution in [0.3, 0.4) is 0 Å². The zero-order chi connectivity index (χ0) is 21.6. The largest absolute Gasteiger partial charge is 0.483 e. The number of nitrogens with zero attached hydrogens (tertiary/aromatic N) is 4. The third-order valence-electron chi connectivity index (χ3n) is 5.56. The molecule has 3 aromatic rings. The summed E-state index contributed by atoms with van der Waals surface area (Å²) in [4.78, 5) is 26.0. The minimum Gasteiger partial charge on any atom is -0.483 e. The summed E-state index contributed by atoms with van der Waals surface area (Å²) in [5, 5.41) is 0. The van der Waals surface area contributed by atoms with E-state index in [-0.39, 0.29) is 12.5 Å². The van der Waals surface area contributed by atoms with Crippen LogP contribution in [-0.4, -0.2) is 53.6 Å². The van der Waals surface area contributed by atoms with E-state index in [1.807, 2.05) is 60.4 Å². The standard InChI is InChI=1S/C25H28N4O2/c1-3-20-9-7-8-12-23(20)31-18-25(30)29-15-13-28(14-16-29)24-17-22(26-19(2)27-24)21-10-5-4-6-11-21/h4-12,17H,3,13-16,18H2,1-2H3. The summed E-state index contributed by atoms with van der Waals surface area (Å²) in [6, 6.07) is 20.0. The van der Waals surface area contributed by atoms with E-state index < -0.39 is 0 Å². The number of piperazine rings is 1. The molecule has 31 heavy (non-hydrogen) atoms. The van der Waals surface area contributed by atoms with Gasteiger partial charge in [0.2, 0.25) is 0 Å². The van der Waals surface area contributed by atoms with Crippen LogP contribution in [0.1, 0.15) is 18.3 Å². The van der Waals surface area contributed by atoms with Gasteiger partial charge in [0.05, 0.1) is 5.69 Å². The molecule has 0 radical (unpaired) electrons. The maximum absolute atomic E-state index is 12.7. The molecule has 0 bridgehead atoms. The minimum atomic E-state index is 0.0226. The van der Waals surface area contributed by atoms with E-state index in [2.05, 4.69) is 33.9 Å². The number of hydrogen-bond acceptors (Lipinski definition) is 5. The molecule has 0 atom stereocenters. The summed E-state index contributed by atoms with van der Waals surface area (Å²) in [6.45, 7) is 6.86. The number of hydrogen-bond donors (Lipinski definition) is 0. The second-order valence-corrected chi connectivity index (χ2v) is 7.64. The average Bonchev–Trinajstić information content (AvgIpc) is 2.83. The molecule has 2 aromatic carbocycles. The predicted molar refractivity (Wildman–Crippen MR) is 122 cm³/mol. The Bertz CT molecular complexity index is 1030. The highest BCUT2D eigenvalue weighted by molar-refractivity contribution is 5.78. The molecular formula is C25H28N4O2. The van der Waals surface area contributed by atoms with Crippen LogP contribution >= 0.6 is 0 Å². The van der Waals surface area contributed by atoms with Gasteiger partial charge < -0.3 is 14.5 Å². The molecule has 1 aliphatic heterocycles. The summed E-state index contributed by atoms with van der Waals surface area (Å²) < 4.78 is 5.81. The Labute approximate surface area is 183 Å². The zero-order valence-electron chi connectivity index (χ0n) is 18.1. The molecule has 4 rings (SSSR count). The number of amides is 1. The summed E-state index contributed by atoms with van der Waals surface area (Å²) in [5.41, 5.74) is 3.12. The van der Waals surface area contributed by atoms with Gasteiger partial charge in [-0.15, -0.1) is 0 Å². The van der Waals surface area contributed by atoms with E-state index in [1.54, 1.807) is 0 Å². The normalized spacial score (nSPS) is 13.9. The van der Waals surface area contributed by atoms with Crippen LogP contribution < -0.4 is 9.64 Å². The van der Waals surface area contributed by atoms with Gasteiger partial charge in [-0.1, -0.05) is 55.5 Å². The van der Waals surface area contributed by atoms with Crippen LogP contribution in [0.25, 0.3) is 11.3 Å². The van der Waals surface area contributed by atoms with Crippen molar-refractivity contribution in [3.63, 3.8) is 0 Å². The molecule has 160 valence electrons. The Hall–Kier alpha value is -3.41. The maximum Gasteiger partial charge on any atom is 0.260 e. The third-order valence-corrected chi connectivity index (χ3v) is 5.56. The minimum absolute atomic E-state index is 0.0226. The van der Waals surface area contributed by atoms with Crippen LogP contribution in [0.5, 0.6) is 5.75 Å². The number of carbonyl (C=O) groups is 1. The highest BCUT2D eigenvalue weighted by Gasteiger charge is 2.23. The quantitative estimate of drug-likeness (QED) is 0.613. The molecule has 1 saturated heterocycles. The molecule has 6 nitrogen and oxygen atoms in total. The number of ether oxygens (including phenoxy) is 1. The topological polar surface area (TPSA) is 58.6 Å². The number of anilines is 1. The van der Waals surface area contributed by atoms with Crippen molar-refractivity contribution in [2.45, 2.75) is 20.3 Å². The monoisotopic (exact) mass is 416 g/mol. The van der Waals surface area contributed by atoms with Crippen molar-refractivity contribution in [2.75, 3.05) is 37.7 Å². The number of carbonyl (C=O) groups excluding carboxylic acids is 1. The van der Waals surface area contributed by atoms with Crippen molar-refractivity contribution in [1.82, 2.24) is 14.9 Å². The fourth-order valence-electron chi connectivity index (χ4n) is 3.82. The first kappa shape index (κ1) is 20.8. The van der Waals surface area contributed by atoms with Crippen LogP contribution in [0.15, 0.2) is 60.7 Å². The molecule has 1 fully saturated rings. The maximum atomic E-state index is 12.7. The lowest BCUT2D eigenvalue weighted by Gasteiger charge is -2.35. The smallest absolute Gasteiger partial charge is 0.260 e. The van der Waals surface area contributed by atoms with E-state index >= 15 is 0 Å². The van der Waals surface area contributed by atoms with E-state index in [0.717, 1.165) is 53.7 Å². The van der Waals surface area contributed by atoms with E-state index in [0.29, 0.717) is 13.1 Å². The number of aromatic nitrogens is 2. The summed E-state index contributed by atoms with van der Waals surface area (Å²) in [5.74, 6) is 2.47. The second-order valence-electron chi connectivity index (χ2n) is 7.64. The van der Waals surface area contributed by atoms with Crippen molar-refractivity contribution in [3.8, 4) is 17.0 Å². The Kier molecular flexibility index (Phi) is 6.46. The molecule has 0 unspecified atom stereocenters. The Balaban J connectivity index is 1.36. The predicted octanol–water partition coefficient (Wildman–Crippen LogP) is 3.74. The highest BCUT2D eigenvalue weighted by atomic mass is 16.5. The number of benzene rings is 2. The lowest BCUT2D eigenvalue weighted by Crippen LogP contribution is -2.50. The molecule has 6 heteroatoms. The molecular weight excluding hydrogens is 388 g/mol. The zero-order valence-corrected chi connectivity index (χ0v) is 18.1. The molecule has 0 spiro atoms. The lowest BCUT2D eigenvalue weighted by molar-refractivity contribution is -0.133. The van der Waals surface area contributed by atoms with Gasteiger partial charge in [-0.25, -0.2) is 9.97 Å². The molecule has 2 heterocycles. The van der Waals surface area contributed by atoms with Gasteiger partial charge in [-0.3, -0.25) is 4.79 Å². The van der Waals surface area contributed by atoms with Gasteiger partial charge in [0.15, 0.2) is 6.61 Å².